The molecule has 10 unspecified atom stereocenters. The first-order valence-corrected chi connectivity index (χ1v) is 9.63. The van der Waals surface area contributed by atoms with Gasteiger partial charge < -0.3 is 44.5 Å². The summed E-state index contributed by atoms with van der Waals surface area (Å²) in [6, 6.07) is 0. The van der Waals surface area contributed by atoms with Crippen molar-refractivity contribution >= 4 is 12.6 Å². The fourth-order valence-electron chi connectivity index (χ4n) is 3.83. The number of hydrogen-bond donors (Lipinski definition) is 6. The van der Waals surface area contributed by atoms with Crippen molar-refractivity contribution in [2.75, 3.05) is 19.0 Å². The van der Waals surface area contributed by atoms with Gasteiger partial charge in [0, 0.05) is 18.3 Å². The Labute approximate surface area is 157 Å². The van der Waals surface area contributed by atoms with Crippen LogP contribution in [-0.2, 0) is 18.9 Å². The number of aliphatic hydroxyl groups is 5. The van der Waals surface area contributed by atoms with Crippen molar-refractivity contribution < 1.29 is 44.5 Å². The first-order chi connectivity index (χ1) is 12.5. The van der Waals surface area contributed by atoms with Crippen molar-refractivity contribution in [1.29, 1.82) is 0 Å². The van der Waals surface area contributed by atoms with Gasteiger partial charge in [-0.1, -0.05) is 6.42 Å². The van der Waals surface area contributed by atoms with Gasteiger partial charge in [-0.25, -0.2) is 0 Å². The molecule has 0 aliphatic carbocycles. The predicted octanol–water partition coefficient (Wildman–Crippen LogP) is -2.00. The van der Waals surface area contributed by atoms with E-state index in [0.717, 1.165) is 0 Å². The van der Waals surface area contributed by atoms with Crippen LogP contribution in [0.2, 0.25) is 0 Å². The van der Waals surface area contributed by atoms with Gasteiger partial charge in [0.05, 0.1) is 24.9 Å². The van der Waals surface area contributed by atoms with Gasteiger partial charge in [-0.05, 0) is 12.8 Å². The molecule has 0 radical (unpaired) electrons. The molecular formula is C16H28O9S. The fourth-order valence-corrected chi connectivity index (χ4v) is 4.12. The number of ether oxygens (including phenoxy) is 4. The Bertz CT molecular complexity index is 451. The lowest BCUT2D eigenvalue weighted by Crippen LogP contribution is -2.63. The fraction of sp³-hybridized carbons (Fsp3) is 1.00. The number of hydrogen-bond acceptors (Lipinski definition) is 10. The highest BCUT2D eigenvalue weighted by atomic mass is 32.1. The molecule has 0 amide bonds. The van der Waals surface area contributed by atoms with Gasteiger partial charge in [0.1, 0.15) is 24.4 Å². The maximum Gasteiger partial charge on any atom is 0.187 e. The van der Waals surface area contributed by atoms with Crippen LogP contribution in [0.4, 0.5) is 0 Å². The average molecular weight is 396 g/mol. The molecular weight excluding hydrogens is 368 g/mol. The van der Waals surface area contributed by atoms with Gasteiger partial charge in [-0.15, -0.1) is 0 Å². The molecule has 6 heterocycles. The summed E-state index contributed by atoms with van der Waals surface area (Å²) in [4.78, 5) is 0. The smallest absolute Gasteiger partial charge is 0.187 e. The van der Waals surface area contributed by atoms with Crippen molar-refractivity contribution in [2.24, 2.45) is 5.92 Å². The van der Waals surface area contributed by atoms with Crippen molar-refractivity contribution in [1.82, 2.24) is 0 Å². The lowest BCUT2D eigenvalue weighted by molar-refractivity contribution is -0.353. The van der Waals surface area contributed by atoms with E-state index in [9.17, 15) is 25.5 Å². The highest BCUT2D eigenvalue weighted by Crippen LogP contribution is 2.34. The predicted molar refractivity (Wildman–Crippen MR) is 90.5 cm³/mol. The Morgan fingerprint density at radius 2 is 1.50 bits per heavy atom. The summed E-state index contributed by atoms with van der Waals surface area (Å²) < 4.78 is 22.6. The van der Waals surface area contributed by atoms with Crippen LogP contribution in [0.5, 0.6) is 0 Å². The minimum atomic E-state index is -1.36. The molecule has 0 aromatic rings. The molecule has 9 nitrogen and oxygen atoms in total. The van der Waals surface area contributed by atoms with Crippen molar-refractivity contribution in [3.63, 3.8) is 0 Å². The Morgan fingerprint density at radius 1 is 0.808 bits per heavy atom. The van der Waals surface area contributed by atoms with E-state index in [1.54, 1.807) is 0 Å². The molecule has 26 heavy (non-hydrogen) atoms. The zero-order valence-corrected chi connectivity index (χ0v) is 15.2. The van der Waals surface area contributed by atoms with Gasteiger partial charge in [-0.2, -0.15) is 12.6 Å². The molecule has 6 fully saturated rings. The van der Waals surface area contributed by atoms with Crippen molar-refractivity contribution in [3.05, 3.63) is 0 Å². The summed E-state index contributed by atoms with van der Waals surface area (Å²) in [5.41, 5.74) is 0. The molecule has 0 aromatic heterocycles. The molecule has 10 heteroatoms. The van der Waals surface area contributed by atoms with Crippen LogP contribution in [0.1, 0.15) is 19.3 Å². The molecule has 6 aliphatic rings. The summed E-state index contributed by atoms with van der Waals surface area (Å²) in [5, 5.41) is 51.3. The summed E-state index contributed by atoms with van der Waals surface area (Å²) in [6.45, 7) is -0.0485. The second-order valence-corrected chi connectivity index (χ2v) is 7.41. The van der Waals surface area contributed by atoms with E-state index >= 15 is 0 Å². The summed E-state index contributed by atoms with van der Waals surface area (Å²) in [7, 11) is 0. The third-order valence-corrected chi connectivity index (χ3v) is 5.72. The van der Waals surface area contributed by atoms with Crippen molar-refractivity contribution in [3.8, 4) is 0 Å². The average Bonchev–Trinajstić information content (AvgIpc) is 2.64. The third-order valence-electron chi connectivity index (χ3n) is 5.36. The minimum Gasteiger partial charge on any atom is -0.394 e. The molecule has 4 bridgehead atoms. The third kappa shape index (κ3) is 4.04. The van der Waals surface area contributed by atoms with Crippen LogP contribution in [0, 0.1) is 5.92 Å². The largest absolute Gasteiger partial charge is 0.394 e. The Hall–Kier alpha value is -0.0100. The van der Waals surface area contributed by atoms with E-state index in [1.165, 1.54) is 0 Å². The minimum absolute atomic E-state index is 0.172. The van der Waals surface area contributed by atoms with E-state index in [0.29, 0.717) is 19.3 Å². The summed E-state index contributed by atoms with van der Waals surface area (Å²) in [6.07, 6.45) is -8.16. The quantitative estimate of drug-likeness (QED) is 0.293. The summed E-state index contributed by atoms with van der Waals surface area (Å²) in [5.74, 6) is -0.270. The van der Waals surface area contributed by atoms with Crippen LogP contribution in [0.25, 0.3) is 0 Å². The van der Waals surface area contributed by atoms with Crippen LogP contribution in [0.15, 0.2) is 0 Å². The standard InChI is InChI=1S/C16H28O9S/c17-5-8-7-3-1-2-4-22-15-13(21)11(19)14(9(6-26)24-15)25-16(23-8)12(20)10(7)18/h7-21,26H,1-6H2. The molecule has 6 rings (SSSR count). The van der Waals surface area contributed by atoms with E-state index < -0.39 is 61.2 Å². The molecule has 10 atom stereocenters. The van der Waals surface area contributed by atoms with E-state index in [1.807, 2.05) is 0 Å². The molecule has 0 aromatic carbocycles. The Kier molecular flexibility index (Phi) is 7.17. The number of aliphatic hydroxyl groups excluding tert-OH is 5. The maximum absolute atomic E-state index is 10.5. The maximum atomic E-state index is 10.5. The molecule has 5 N–H and O–H groups in total. The SMILES string of the molecule is OCC1OC2OC3C(CS)OC(OCCCCC1C(O)C2O)C(O)C3O. The van der Waals surface area contributed by atoms with Gasteiger partial charge in [0.15, 0.2) is 12.6 Å². The topological polar surface area (TPSA) is 138 Å². The molecule has 152 valence electrons. The molecule has 0 saturated carbocycles. The Balaban J connectivity index is 1.87. The number of thiol groups is 1. The second-order valence-electron chi connectivity index (χ2n) is 7.04. The zero-order chi connectivity index (χ0) is 18.8. The van der Waals surface area contributed by atoms with Crippen molar-refractivity contribution in [2.45, 2.75) is 74.6 Å². The van der Waals surface area contributed by atoms with Gasteiger partial charge in [-0.3, -0.25) is 0 Å². The van der Waals surface area contributed by atoms with E-state index in [2.05, 4.69) is 12.6 Å². The van der Waals surface area contributed by atoms with Crippen LogP contribution in [0.3, 0.4) is 0 Å². The van der Waals surface area contributed by atoms with Crippen LogP contribution < -0.4 is 0 Å². The van der Waals surface area contributed by atoms with Crippen LogP contribution in [-0.4, -0.2) is 99.8 Å². The Morgan fingerprint density at radius 3 is 2.19 bits per heavy atom. The monoisotopic (exact) mass is 396 g/mol. The molecule has 6 saturated heterocycles. The first kappa shape index (κ1) is 20.7. The van der Waals surface area contributed by atoms with Gasteiger partial charge in [0.25, 0.3) is 0 Å². The van der Waals surface area contributed by atoms with E-state index in [-0.39, 0.29) is 19.0 Å². The lowest BCUT2D eigenvalue weighted by Gasteiger charge is -2.47. The molecule has 0 spiro atoms. The highest BCUT2D eigenvalue weighted by molar-refractivity contribution is 7.80. The lowest BCUT2D eigenvalue weighted by atomic mass is 9.85. The van der Waals surface area contributed by atoms with E-state index in [4.69, 9.17) is 18.9 Å². The zero-order valence-electron chi connectivity index (χ0n) is 14.3. The first-order valence-electron chi connectivity index (χ1n) is 9.00. The second kappa shape index (κ2) is 8.99. The van der Waals surface area contributed by atoms with Gasteiger partial charge >= 0.3 is 0 Å². The molecule has 6 aliphatic heterocycles. The van der Waals surface area contributed by atoms with Gasteiger partial charge in [0.2, 0.25) is 0 Å². The van der Waals surface area contributed by atoms with Crippen LogP contribution >= 0.6 is 12.6 Å². The highest BCUT2D eigenvalue weighted by Gasteiger charge is 2.50. The summed E-state index contributed by atoms with van der Waals surface area (Å²) >= 11 is 4.20. The normalized spacial score (nSPS) is 50.5. The number of rotatable bonds is 2.